The van der Waals surface area contributed by atoms with E-state index in [9.17, 15) is 13.2 Å². The minimum atomic E-state index is -4.15. The quantitative estimate of drug-likeness (QED) is 0.716. The van der Waals surface area contributed by atoms with Crippen molar-refractivity contribution in [2.24, 2.45) is 0 Å². The van der Waals surface area contributed by atoms with Gasteiger partial charge in [-0.25, -0.2) is 0 Å². The second kappa shape index (κ2) is 3.72. The van der Waals surface area contributed by atoms with Crippen molar-refractivity contribution in [3.05, 3.63) is 24.0 Å². The molecule has 1 aliphatic heterocycles. The molecule has 0 bridgehead atoms. The zero-order valence-corrected chi connectivity index (χ0v) is 8.09. The summed E-state index contributed by atoms with van der Waals surface area (Å²) in [6, 6.07) is 3.38. The molecule has 0 N–H and O–H groups in total. The maximum absolute atomic E-state index is 12.3. The monoisotopic (exact) mass is 216 g/mol. The van der Waals surface area contributed by atoms with Crippen LogP contribution in [0.5, 0.6) is 0 Å². The summed E-state index contributed by atoms with van der Waals surface area (Å²) >= 11 is 0. The zero-order chi connectivity index (χ0) is 10.9. The van der Waals surface area contributed by atoms with Crippen molar-refractivity contribution in [3.63, 3.8) is 0 Å². The number of fused-ring (bicyclic) bond motifs is 1. The molecule has 0 unspecified atom stereocenters. The van der Waals surface area contributed by atoms with E-state index >= 15 is 0 Å². The molecule has 0 spiro atoms. The number of alkyl halides is 3. The lowest BCUT2D eigenvalue weighted by Crippen LogP contribution is -2.37. The standard InChI is InChI=1S/C10H11F3N2/c11-10(12,13)7-15-6-2-3-8-9(15)4-1-5-14-8/h1,4-5H,2-3,6-7H2. The summed E-state index contributed by atoms with van der Waals surface area (Å²) in [5, 5.41) is 0. The second-order valence-corrected chi connectivity index (χ2v) is 3.61. The van der Waals surface area contributed by atoms with E-state index in [0.29, 0.717) is 12.2 Å². The van der Waals surface area contributed by atoms with Crippen LogP contribution in [0.1, 0.15) is 12.1 Å². The van der Waals surface area contributed by atoms with Gasteiger partial charge in [-0.2, -0.15) is 13.2 Å². The molecular weight excluding hydrogens is 205 g/mol. The van der Waals surface area contributed by atoms with Gasteiger partial charge in [0.25, 0.3) is 0 Å². The summed E-state index contributed by atoms with van der Waals surface area (Å²) in [5.41, 5.74) is 1.40. The van der Waals surface area contributed by atoms with Gasteiger partial charge in [-0.15, -0.1) is 0 Å². The van der Waals surface area contributed by atoms with Crippen LogP contribution in [0.2, 0.25) is 0 Å². The number of aryl methyl sites for hydroxylation is 1. The number of pyridine rings is 1. The van der Waals surface area contributed by atoms with Crippen LogP contribution in [0, 0.1) is 0 Å². The number of anilines is 1. The Morgan fingerprint density at radius 3 is 2.93 bits per heavy atom. The Bertz CT molecular complexity index is 349. The van der Waals surface area contributed by atoms with Crippen molar-refractivity contribution in [1.29, 1.82) is 0 Å². The number of aromatic nitrogens is 1. The number of hydrogen-bond acceptors (Lipinski definition) is 2. The molecule has 2 heterocycles. The van der Waals surface area contributed by atoms with Crippen LogP contribution in [-0.4, -0.2) is 24.2 Å². The van der Waals surface area contributed by atoms with Crippen molar-refractivity contribution in [1.82, 2.24) is 4.98 Å². The molecule has 0 atom stereocenters. The fourth-order valence-electron chi connectivity index (χ4n) is 1.85. The van der Waals surface area contributed by atoms with Crippen molar-refractivity contribution in [3.8, 4) is 0 Å². The van der Waals surface area contributed by atoms with E-state index in [-0.39, 0.29) is 0 Å². The average Bonchev–Trinajstić information content (AvgIpc) is 2.16. The van der Waals surface area contributed by atoms with Crippen molar-refractivity contribution in [2.75, 3.05) is 18.0 Å². The van der Waals surface area contributed by atoms with E-state index in [1.807, 2.05) is 0 Å². The Hall–Kier alpha value is -1.26. The summed E-state index contributed by atoms with van der Waals surface area (Å²) in [6.07, 6.45) is -1.02. The summed E-state index contributed by atoms with van der Waals surface area (Å²) in [7, 11) is 0. The van der Waals surface area contributed by atoms with Crippen LogP contribution in [0.15, 0.2) is 18.3 Å². The molecule has 0 saturated heterocycles. The number of hydrogen-bond donors (Lipinski definition) is 0. The minimum absolute atomic E-state index is 0.457. The summed E-state index contributed by atoms with van der Waals surface area (Å²) in [5.74, 6) is 0. The molecule has 82 valence electrons. The van der Waals surface area contributed by atoms with Gasteiger partial charge in [-0.1, -0.05) is 0 Å². The molecular formula is C10H11F3N2. The van der Waals surface area contributed by atoms with Gasteiger partial charge in [-0.3, -0.25) is 4.98 Å². The first kappa shape index (κ1) is 10.3. The molecule has 0 aliphatic carbocycles. The third-order valence-corrected chi connectivity index (χ3v) is 2.42. The maximum atomic E-state index is 12.3. The van der Waals surface area contributed by atoms with Gasteiger partial charge >= 0.3 is 6.18 Å². The Kier molecular flexibility index (Phi) is 2.54. The normalized spacial score (nSPS) is 16.3. The van der Waals surface area contributed by atoms with Gasteiger partial charge in [0, 0.05) is 12.7 Å². The molecule has 0 aromatic carbocycles. The lowest BCUT2D eigenvalue weighted by Gasteiger charge is -2.30. The summed E-state index contributed by atoms with van der Waals surface area (Å²) in [4.78, 5) is 5.44. The molecule has 5 heteroatoms. The molecule has 2 nitrogen and oxygen atoms in total. The first-order chi connectivity index (χ1) is 7.06. The SMILES string of the molecule is FC(F)(F)CN1CCCc2ncccc21. The third kappa shape index (κ3) is 2.40. The highest BCUT2D eigenvalue weighted by Gasteiger charge is 2.32. The van der Waals surface area contributed by atoms with Crippen LogP contribution in [0.25, 0.3) is 0 Å². The number of nitrogens with zero attached hydrogens (tertiary/aromatic N) is 2. The zero-order valence-electron chi connectivity index (χ0n) is 8.09. The van der Waals surface area contributed by atoms with E-state index in [4.69, 9.17) is 0 Å². The van der Waals surface area contributed by atoms with Crippen LogP contribution in [0.4, 0.5) is 18.9 Å². The minimum Gasteiger partial charge on any atom is -0.361 e. The van der Waals surface area contributed by atoms with Crippen molar-refractivity contribution in [2.45, 2.75) is 19.0 Å². The topological polar surface area (TPSA) is 16.1 Å². The molecule has 0 fully saturated rings. The molecule has 1 aliphatic rings. The highest BCUT2D eigenvalue weighted by molar-refractivity contribution is 5.52. The highest BCUT2D eigenvalue weighted by atomic mass is 19.4. The Morgan fingerprint density at radius 1 is 1.40 bits per heavy atom. The Morgan fingerprint density at radius 2 is 2.20 bits per heavy atom. The van der Waals surface area contributed by atoms with Crippen LogP contribution in [-0.2, 0) is 6.42 Å². The number of halogens is 3. The van der Waals surface area contributed by atoms with Crippen molar-refractivity contribution >= 4 is 5.69 Å². The predicted molar refractivity (Wildman–Crippen MR) is 50.8 cm³/mol. The van der Waals surface area contributed by atoms with E-state index in [1.54, 1.807) is 18.3 Å². The summed E-state index contributed by atoms with van der Waals surface area (Å²) in [6.45, 7) is -0.427. The van der Waals surface area contributed by atoms with Gasteiger partial charge in [0.15, 0.2) is 0 Å². The fourth-order valence-corrected chi connectivity index (χ4v) is 1.85. The molecule has 15 heavy (non-hydrogen) atoms. The first-order valence-corrected chi connectivity index (χ1v) is 4.82. The van der Waals surface area contributed by atoms with Gasteiger partial charge in [0.05, 0.1) is 11.4 Å². The maximum Gasteiger partial charge on any atom is 0.405 e. The van der Waals surface area contributed by atoms with Crippen LogP contribution in [0.3, 0.4) is 0 Å². The second-order valence-electron chi connectivity index (χ2n) is 3.61. The van der Waals surface area contributed by atoms with Gasteiger partial charge < -0.3 is 4.90 Å². The molecule has 2 rings (SSSR count). The predicted octanol–water partition coefficient (Wildman–Crippen LogP) is 2.40. The van der Waals surface area contributed by atoms with E-state index < -0.39 is 12.7 Å². The van der Waals surface area contributed by atoms with Gasteiger partial charge in [0.2, 0.25) is 0 Å². The number of rotatable bonds is 1. The first-order valence-electron chi connectivity index (χ1n) is 4.82. The Balaban J connectivity index is 2.22. The van der Waals surface area contributed by atoms with E-state index in [2.05, 4.69) is 4.98 Å². The average molecular weight is 216 g/mol. The van der Waals surface area contributed by atoms with Crippen LogP contribution >= 0.6 is 0 Å². The summed E-state index contributed by atoms with van der Waals surface area (Å²) < 4.78 is 36.8. The molecule has 0 radical (unpaired) electrons. The smallest absolute Gasteiger partial charge is 0.361 e. The van der Waals surface area contributed by atoms with Crippen molar-refractivity contribution < 1.29 is 13.2 Å². The lowest BCUT2D eigenvalue weighted by molar-refractivity contribution is -0.119. The fraction of sp³-hybridized carbons (Fsp3) is 0.500. The Labute approximate surface area is 85.7 Å². The van der Waals surface area contributed by atoms with Crippen LogP contribution < -0.4 is 4.90 Å². The van der Waals surface area contributed by atoms with E-state index in [1.165, 1.54) is 4.90 Å². The molecule has 0 amide bonds. The molecule has 1 aromatic rings. The van der Waals surface area contributed by atoms with E-state index in [0.717, 1.165) is 18.5 Å². The lowest BCUT2D eigenvalue weighted by atomic mass is 10.1. The van der Waals surface area contributed by atoms with Gasteiger partial charge in [0.1, 0.15) is 6.54 Å². The highest BCUT2D eigenvalue weighted by Crippen LogP contribution is 2.28. The van der Waals surface area contributed by atoms with Gasteiger partial charge in [-0.05, 0) is 25.0 Å². The molecule has 0 saturated carbocycles. The third-order valence-electron chi connectivity index (χ3n) is 2.42. The molecule has 1 aromatic heterocycles. The largest absolute Gasteiger partial charge is 0.405 e.